The van der Waals surface area contributed by atoms with Gasteiger partial charge < -0.3 is 4.42 Å². The predicted octanol–water partition coefficient (Wildman–Crippen LogP) is 7.02. The molecule has 6 rings (SSSR count). The lowest BCUT2D eigenvalue weighted by molar-refractivity contribution is 0.674. The minimum Gasteiger partial charge on any atom is -0.455 e. The third-order valence-electron chi connectivity index (χ3n) is 4.95. The lowest BCUT2D eigenvalue weighted by Gasteiger charge is -2.00. The Kier molecular flexibility index (Phi) is 2.79. The number of hydrogen-bond donors (Lipinski definition) is 0. The van der Waals surface area contributed by atoms with E-state index in [1.54, 1.807) is 0 Å². The van der Waals surface area contributed by atoms with E-state index in [9.17, 15) is 0 Å². The number of benzene rings is 3. The topological polar surface area (TPSA) is 26.0 Å². The molecule has 0 unspecified atom stereocenters. The van der Waals surface area contributed by atoms with Crippen LogP contribution in [0.2, 0.25) is 0 Å². The molecule has 0 spiro atoms. The van der Waals surface area contributed by atoms with E-state index in [-0.39, 0.29) is 0 Å². The van der Waals surface area contributed by atoms with E-state index >= 15 is 0 Å². The van der Waals surface area contributed by atoms with Crippen LogP contribution in [0, 0.1) is 0 Å². The summed E-state index contributed by atoms with van der Waals surface area (Å²) in [6.07, 6.45) is 1.82. The van der Waals surface area contributed by atoms with Crippen LogP contribution in [0.3, 0.4) is 0 Å². The number of fused-ring (bicyclic) bond motifs is 7. The molecule has 0 saturated heterocycles. The number of nitrogens with zero attached hydrogens (tertiary/aromatic N) is 1. The molecule has 3 aromatic carbocycles. The average Bonchev–Trinajstić information content (AvgIpc) is 3.26. The fourth-order valence-electron chi connectivity index (χ4n) is 3.79. The molecular formula is C23H13NOS. The summed E-state index contributed by atoms with van der Waals surface area (Å²) in [6, 6.07) is 25.2. The largest absolute Gasteiger partial charge is 0.455 e. The van der Waals surface area contributed by atoms with Gasteiger partial charge >= 0.3 is 0 Å². The van der Waals surface area contributed by atoms with Gasteiger partial charge in [0.15, 0.2) is 0 Å². The summed E-state index contributed by atoms with van der Waals surface area (Å²) in [5.74, 6) is 0. The van der Waals surface area contributed by atoms with Crippen molar-refractivity contribution in [3.05, 3.63) is 79.0 Å². The fourth-order valence-corrected chi connectivity index (χ4v) is 4.89. The fraction of sp³-hybridized carbons (Fsp3) is 0. The van der Waals surface area contributed by atoms with Crippen molar-refractivity contribution in [3.63, 3.8) is 0 Å². The minimum atomic E-state index is 0.906. The molecule has 0 saturated carbocycles. The maximum atomic E-state index is 6.48. The highest BCUT2D eigenvalue weighted by Crippen LogP contribution is 2.43. The smallest absolute Gasteiger partial charge is 0.144 e. The van der Waals surface area contributed by atoms with Crippen LogP contribution in [0.1, 0.15) is 0 Å². The molecule has 122 valence electrons. The average molecular weight is 351 g/mol. The monoisotopic (exact) mass is 351 g/mol. The van der Waals surface area contributed by atoms with Gasteiger partial charge in [-0.15, -0.1) is 11.3 Å². The molecule has 0 aliphatic carbocycles. The first-order chi connectivity index (χ1) is 12.9. The van der Waals surface area contributed by atoms with Crippen LogP contribution < -0.4 is 0 Å². The summed E-state index contributed by atoms with van der Waals surface area (Å²) in [6.45, 7) is 0. The van der Waals surface area contributed by atoms with Gasteiger partial charge in [-0.25, -0.2) is 0 Å². The Morgan fingerprint density at radius 3 is 2.42 bits per heavy atom. The van der Waals surface area contributed by atoms with Crippen LogP contribution in [-0.4, -0.2) is 4.98 Å². The van der Waals surface area contributed by atoms with Crippen molar-refractivity contribution >= 4 is 53.4 Å². The first-order valence-electron chi connectivity index (χ1n) is 8.57. The van der Waals surface area contributed by atoms with E-state index in [1.165, 1.54) is 20.2 Å². The molecule has 3 heterocycles. The van der Waals surface area contributed by atoms with Crippen molar-refractivity contribution in [2.45, 2.75) is 0 Å². The molecule has 0 radical (unpaired) electrons. The summed E-state index contributed by atoms with van der Waals surface area (Å²) >= 11 is 1.81. The second-order valence-electron chi connectivity index (χ2n) is 6.41. The van der Waals surface area contributed by atoms with Crippen molar-refractivity contribution in [1.29, 1.82) is 0 Å². The third-order valence-corrected chi connectivity index (χ3v) is 6.08. The molecule has 0 aliphatic rings. The Morgan fingerprint density at radius 2 is 1.50 bits per heavy atom. The number of thiophene rings is 1. The number of aromatic nitrogens is 1. The second kappa shape index (κ2) is 5.16. The van der Waals surface area contributed by atoms with Gasteiger partial charge in [0.1, 0.15) is 11.2 Å². The van der Waals surface area contributed by atoms with Crippen LogP contribution in [0.15, 0.2) is 83.4 Å². The zero-order valence-corrected chi connectivity index (χ0v) is 14.6. The molecule has 0 aliphatic heterocycles. The van der Waals surface area contributed by atoms with Crippen molar-refractivity contribution in [3.8, 4) is 11.3 Å². The van der Waals surface area contributed by atoms with Crippen LogP contribution >= 0.6 is 11.3 Å². The van der Waals surface area contributed by atoms with Gasteiger partial charge in [0.2, 0.25) is 0 Å². The van der Waals surface area contributed by atoms with Gasteiger partial charge in [0, 0.05) is 42.7 Å². The number of hydrogen-bond acceptors (Lipinski definition) is 3. The van der Waals surface area contributed by atoms with E-state index in [0.717, 1.165) is 33.2 Å². The molecule has 6 aromatic rings. The predicted molar refractivity (Wildman–Crippen MR) is 110 cm³/mol. The second-order valence-corrected chi connectivity index (χ2v) is 7.50. The lowest BCUT2D eigenvalue weighted by atomic mass is 10.0. The van der Waals surface area contributed by atoms with Crippen LogP contribution in [-0.2, 0) is 0 Å². The number of furan rings is 1. The van der Waals surface area contributed by atoms with E-state index in [1.807, 2.05) is 35.7 Å². The molecule has 0 amide bonds. The summed E-state index contributed by atoms with van der Waals surface area (Å²) in [4.78, 5) is 4.51. The van der Waals surface area contributed by atoms with Gasteiger partial charge in [-0.05, 0) is 36.4 Å². The molecule has 0 bridgehead atoms. The first kappa shape index (κ1) is 14.0. The Morgan fingerprint density at radius 1 is 0.654 bits per heavy atom. The van der Waals surface area contributed by atoms with Crippen molar-refractivity contribution < 1.29 is 4.42 Å². The number of pyridine rings is 1. The van der Waals surface area contributed by atoms with E-state index in [2.05, 4.69) is 59.6 Å². The van der Waals surface area contributed by atoms with Crippen LogP contribution in [0.4, 0.5) is 0 Å². The molecular weight excluding hydrogens is 338 g/mol. The van der Waals surface area contributed by atoms with Crippen molar-refractivity contribution in [2.75, 3.05) is 0 Å². The molecule has 0 fully saturated rings. The van der Waals surface area contributed by atoms with Gasteiger partial charge in [-0.1, -0.05) is 36.4 Å². The summed E-state index contributed by atoms with van der Waals surface area (Å²) in [5, 5.41) is 4.77. The number of rotatable bonds is 1. The normalized spacial score (nSPS) is 11.8. The SMILES string of the molecule is c1ccc(-c2cccc3c2oc2c3ccc3sc4ccccc4c32)nc1. The highest BCUT2D eigenvalue weighted by atomic mass is 32.1. The Hall–Kier alpha value is -3.17. The van der Waals surface area contributed by atoms with E-state index in [0.29, 0.717) is 0 Å². The standard InChI is InChI=1S/C23H13NOS/c1-2-10-19-17(6-1)21-20(26-19)12-11-15-14-7-5-8-16(22(14)25-23(15)21)18-9-3-4-13-24-18/h1-13H. The van der Waals surface area contributed by atoms with Crippen LogP contribution in [0.25, 0.3) is 53.4 Å². The number of para-hydroxylation sites is 1. The van der Waals surface area contributed by atoms with Crippen molar-refractivity contribution in [2.24, 2.45) is 0 Å². The highest BCUT2D eigenvalue weighted by molar-refractivity contribution is 7.26. The lowest BCUT2D eigenvalue weighted by Crippen LogP contribution is -1.81. The van der Waals surface area contributed by atoms with Gasteiger partial charge in [0.05, 0.1) is 5.69 Å². The summed E-state index contributed by atoms with van der Waals surface area (Å²) < 4.78 is 9.04. The zero-order valence-electron chi connectivity index (χ0n) is 13.8. The van der Waals surface area contributed by atoms with E-state index in [4.69, 9.17) is 4.42 Å². The first-order valence-corrected chi connectivity index (χ1v) is 9.39. The molecule has 3 heteroatoms. The quantitative estimate of drug-likeness (QED) is 0.318. The minimum absolute atomic E-state index is 0.906. The molecule has 3 aromatic heterocycles. The molecule has 26 heavy (non-hydrogen) atoms. The highest BCUT2D eigenvalue weighted by Gasteiger charge is 2.17. The maximum absolute atomic E-state index is 6.48. The Bertz CT molecular complexity index is 1430. The van der Waals surface area contributed by atoms with Gasteiger partial charge in [0.25, 0.3) is 0 Å². The third kappa shape index (κ3) is 1.83. The summed E-state index contributed by atoms with van der Waals surface area (Å²) in [7, 11) is 0. The zero-order chi connectivity index (χ0) is 17.1. The Labute approximate surface area is 153 Å². The van der Waals surface area contributed by atoms with E-state index < -0.39 is 0 Å². The molecule has 0 N–H and O–H groups in total. The molecule has 0 atom stereocenters. The Balaban J connectivity index is 1.81. The van der Waals surface area contributed by atoms with Crippen molar-refractivity contribution in [1.82, 2.24) is 4.98 Å². The van der Waals surface area contributed by atoms with Gasteiger partial charge in [-0.2, -0.15) is 0 Å². The molecule has 2 nitrogen and oxygen atoms in total. The maximum Gasteiger partial charge on any atom is 0.144 e. The summed E-state index contributed by atoms with van der Waals surface area (Å²) in [5.41, 5.74) is 3.85. The van der Waals surface area contributed by atoms with Crippen LogP contribution in [0.5, 0.6) is 0 Å². The van der Waals surface area contributed by atoms with Gasteiger partial charge in [-0.3, -0.25) is 4.98 Å².